The number of methoxy groups -OCH3 is 2. The van der Waals surface area contributed by atoms with E-state index in [9.17, 15) is 19.7 Å². The van der Waals surface area contributed by atoms with Crippen molar-refractivity contribution in [3.63, 3.8) is 0 Å². The molecule has 0 bridgehead atoms. The van der Waals surface area contributed by atoms with Crippen molar-refractivity contribution in [3.8, 4) is 11.5 Å². The van der Waals surface area contributed by atoms with E-state index < -0.39 is 16.8 Å². The smallest absolute Gasteiger partial charge is 0.340 e. The molecule has 0 spiro atoms. The van der Waals surface area contributed by atoms with Gasteiger partial charge in [-0.1, -0.05) is 6.07 Å². The van der Waals surface area contributed by atoms with Crippen LogP contribution in [-0.2, 0) is 14.3 Å². The molecule has 2 aromatic rings. The molecule has 9 heteroatoms. The molecular formula is C23H22N2O7. The first-order chi connectivity index (χ1) is 15.3. The molecule has 0 unspecified atom stereocenters. The third kappa shape index (κ3) is 4.18. The number of allylic oxidation sites excluding steroid dienone is 1. The SMILES string of the molecule is CCOc1ccc(N2C(=O)/C(=C\c3ccc(OC)c([N+](=O)[O-])c3)C(C(=O)OC)=C2C)cc1. The van der Waals surface area contributed by atoms with Crippen LogP contribution in [0.3, 0.4) is 0 Å². The second kappa shape index (κ2) is 9.34. The Kier molecular flexibility index (Phi) is 6.58. The highest BCUT2D eigenvalue weighted by Crippen LogP contribution is 2.37. The third-order valence-corrected chi connectivity index (χ3v) is 4.91. The Morgan fingerprint density at radius 3 is 2.41 bits per heavy atom. The van der Waals surface area contributed by atoms with Crippen LogP contribution in [0.2, 0.25) is 0 Å². The predicted molar refractivity (Wildman–Crippen MR) is 117 cm³/mol. The van der Waals surface area contributed by atoms with E-state index >= 15 is 0 Å². The van der Waals surface area contributed by atoms with Crippen molar-refractivity contribution in [2.45, 2.75) is 13.8 Å². The molecule has 0 saturated carbocycles. The lowest BCUT2D eigenvalue weighted by atomic mass is 10.0. The lowest BCUT2D eigenvalue weighted by Gasteiger charge is -2.18. The number of hydrogen-bond donors (Lipinski definition) is 0. The number of nitro benzene ring substituents is 1. The van der Waals surface area contributed by atoms with Crippen LogP contribution < -0.4 is 14.4 Å². The minimum atomic E-state index is -0.682. The molecule has 2 aromatic carbocycles. The molecular weight excluding hydrogens is 416 g/mol. The Morgan fingerprint density at radius 2 is 1.84 bits per heavy atom. The Morgan fingerprint density at radius 1 is 1.16 bits per heavy atom. The Labute approximate surface area is 184 Å². The van der Waals surface area contributed by atoms with Crippen molar-refractivity contribution < 1.29 is 28.7 Å². The van der Waals surface area contributed by atoms with Gasteiger partial charge in [0.25, 0.3) is 5.91 Å². The van der Waals surface area contributed by atoms with Gasteiger partial charge in [-0.3, -0.25) is 19.8 Å². The van der Waals surface area contributed by atoms with Crippen molar-refractivity contribution in [2.24, 2.45) is 0 Å². The van der Waals surface area contributed by atoms with Gasteiger partial charge in [0.1, 0.15) is 5.75 Å². The van der Waals surface area contributed by atoms with Gasteiger partial charge in [0.15, 0.2) is 5.75 Å². The van der Waals surface area contributed by atoms with Crippen LogP contribution in [0.1, 0.15) is 19.4 Å². The minimum Gasteiger partial charge on any atom is -0.494 e. The molecule has 1 aliphatic heterocycles. The molecule has 0 radical (unpaired) electrons. The van der Waals surface area contributed by atoms with Crippen LogP contribution in [0.15, 0.2) is 59.3 Å². The van der Waals surface area contributed by atoms with Crippen LogP contribution in [0.25, 0.3) is 6.08 Å². The van der Waals surface area contributed by atoms with Gasteiger partial charge in [-0.2, -0.15) is 0 Å². The van der Waals surface area contributed by atoms with Crippen LogP contribution in [0.4, 0.5) is 11.4 Å². The Bertz CT molecular complexity index is 1130. The van der Waals surface area contributed by atoms with E-state index in [1.54, 1.807) is 37.3 Å². The van der Waals surface area contributed by atoms with Crippen molar-refractivity contribution in [3.05, 3.63) is 75.0 Å². The number of ether oxygens (including phenoxy) is 3. The molecule has 0 N–H and O–H groups in total. The molecule has 3 rings (SSSR count). The summed E-state index contributed by atoms with van der Waals surface area (Å²) in [5.41, 5.74) is 1.20. The van der Waals surface area contributed by atoms with Crippen molar-refractivity contribution in [1.82, 2.24) is 0 Å². The van der Waals surface area contributed by atoms with Crippen molar-refractivity contribution in [1.29, 1.82) is 0 Å². The Hall–Kier alpha value is -4.14. The van der Waals surface area contributed by atoms with Crippen LogP contribution >= 0.6 is 0 Å². The van der Waals surface area contributed by atoms with Gasteiger partial charge >= 0.3 is 11.7 Å². The summed E-state index contributed by atoms with van der Waals surface area (Å²) >= 11 is 0. The molecule has 166 valence electrons. The topological polar surface area (TPSA) is 108 Å². The second-order valence-electron chi connectivity index (χ2n) is 6.77. The molecule has 1 amide bonds. The zero-order chi connectivity index (χ0) is 23.4. The molecule has 0 atom stereocenters. The monoisotopic (exact) mass is 438 g/mol. The number of amides is 1. The quantitative estimate of drug-likeness (QED) is 0.279. The standard InChI is InChI=1S/C23H22N2O7/c1-5-32-17-9-7-16(8-10-17)24-14(2)21(23(27)31-4)18(22(24)26)12-15-6-11-20(30-3)19(13-15)25(28)29/h6-13H,5H2,1-4H3/b18-12-. The highest BCUT2D eigenvalue weighted by atomic mass is 16.6. The largest absolute Gasteiger partial charge is 0.494 e. The first kappa shape index (κ1) is 22.5. The van der Waals surface area contributed by atoms with Gasteiger partial charge in [-0.25, -0.2) is 4.79 Å². The molecule has 0 aliphatic carbocycles. The van der Waals surface area contributed by atoms with Gasteiger partial charge < -0.3 is 14.2 Å². The van der Waals surface area contributed by atoms with E-state index in [4.69, 9.17) is 14.2 Å². The first-order valence-corrected chi connectivity index (χ1v) is 9.73. The zero-order valence-electron chi connectivity index (χ0n) is 18.1. The van der Waals surface area contributed by atoms with E-state index in [0.29, 0.717) is 29.3 Å². The highest BCUT2D eigenvalue weighted by molar-refractivity contribution is 6.23. The molecule has 1 heterocycles. The summed E-state index contributed by atoms with van der Waals surface area (Å²) in [7, 11) is 2.56. The molecule has 1 aliphatic rings. The van der Waals surface area contributed by atoms with Gasteiger partial charge in [0.2, 0.25) is 0 Å². The van der Waals surface area contributed by atoms with Gasteiger partial charge in [0, 0.05) is 17.5 Å². The van der Waals surface area contributed by atoms with Crippen molar-refractivity contribution >= 4 is 29.3 Å². The third-order valence-electron chi connectivity index (χ3n) is 4.91. The van der Waals surface area contributed by atoms with E-state index in [2.05, 4.69) is 0 Å². The average molecular weight is 438 g/mol. The number of esters is 1. The number of rotatable bonds is 7. The molecule has 0 fully saturated rings. The van der Waals surface area contributed by atoms with Gasteiger partial charge in [-0.05, 0) is 55.8 Å². The summed E-state index contributed by atoms with van der Waals surface area (Å²) in [4.78, 5) is 38.0. The fourth-order valence-corrected chi connectivity index (χ4v) is 3.46. The van der Waals surface area contributed by atoms with Gasteiger partial charge in [-0.15, -0.1) is 0 Å². The summed E-state index contributed by atoms with van der Waals surface area (Å²) in [6, 6.07) is 11.2. The molecule has 9 nitrogen and oxygen atoms in total. The maximum atomic E-state index is 13.3. The highest BCUT2D eigenvalue weighted by Gasteiger charge is 2.38. The maximum Gasteiger partial charge on any atom is 0.340 e. The van der Waals surface area contributed by atoms with E-state index in [1.165, 1.54) is 37.3 Å². The molecule has 0 aromatic heterocycles. The number of carbonyl (C=O) groups excluding carboxylic acids is 2. The maximum absolute atomic E-state index is 13.3. The summed E-state index contributed by atoms with van der Waals surface area (Å²) in [5.74, 6) is -0.395. The number of benzene rings is 2. The summed E-state index contributed by atoms with van der Waals surface area (Å²) < 4.78 is 15.3. The second-order valence-corrected chi connectivity index (χ2v) is 6.77. The predicted octanol–water partition coefficient (Wildman–Crippen LogP) is 3.88. The van der Waals surface area contributed by atoms with Crippen molar-refractivity contribution in [2.75, 3.05) is 25.7 Å². The zero-order valence-corrected chi connectivity index (χ0v) is 18.1. The first-order valence-electron chi connectivity index (χ1n) is 9.73. The normalized spacial score (nSPS) is 14.7. The average Bonchev–Trinajstić information content (AvgIpc) is 3.03. The summed E-state index contributed by atoms with van der Waals surface area (Å²) in [6.07, 6.45) is 1.43. The minimum absolute atomic E-state index is 0.0719. The summed E-state index contributed by atoms with van der Waals surface area (Å²) in [5, 5.41) is 11.4. The van der Waals surface area contributed by atoms with Crippen LogP contribution in [0.5, 0.6) is 11.5 Å². The lowest BCUT2D eigenvalue weighted by Crippen LogP contribution is -2.24. The van der Waals surface area contributed by atoms with Crippen LogP contribution in [0, 0.1) is 10.1 Å². The Balaban J connectivity index is 2.09. The van der Waals surface area contributed by atoms with Crippen LogP contribution in [-0.4, -0.2) is 37.6 Å². The van der Waals surface area contributed by atoms with E-state index in [-0.39, 0.29) is 22.6 Å². The fourth-order valence-electron chi connectivity index (χ4n) is 3.46. The van der Waals surface area contributed by atoms with E-state index in [0.717, 1.165) is 0 Å². The number of nitrogens with zero attached hydrogens (tertiary/aromatic N) is 2. The summed E-state index contributed by atoms with van der Waals surface area (Å²) in [6.45, 7) is 4.01. The fraction of sp³-hybridized carbons (Fsp3) is 0.217. The number of anilines is 1. The lowest BCUT2D eigenvalue weighted by molar-refractivity contribution is -0.385. The molecule has 0 saturated heterocycles. The number of hydrogen-bond acceptors (Lipinski definition) is 7. The van der Waals surface area contributed by atoms with Gasteiger partial charge in [0.05, 0.1) is 36.9 Å². The number of carbonyl (C=O) groups is 2. The van der Waals surface area contributed by atoms with E-state index in [1.807, 2.05) is 6.92 Å². The number of nitro groups is 1. The molecule has 32 heavy (non-hydrogen) atoms.